The highest BCUT2D eigenvalue weighted by molar-refractivity contribution is 5.92. The molecule has 3 rings (SSSR count). The topological polar surface area (TPSA) is 79.7 Å². The Balaban J connectivity index is 1.88. The maximum absolute atomic E-state index is 13.0. The van der Waals surface area contributed by atoms with Crippen LogP contribution in [0.5, 0.6) is 0 Å². The summed E-state index contributed by atoms with van der Waals surface area (Å²) in [6.07, 6.45) is 2.99. The normalized spacial score (nSPS) is 18.7. The number of rotatable bonds is 3. The molecule has 7 heteroatoms. The van der Waals surface area contributed by atoms with Gasteiger partial charge >= 0.3 is 0 Å². The van der Waals surface area contributed by atoms with Crippen LogP contribution in [-0.2, 0) is 7.05 Å². The quantitative estimate of drug-likeness (QED) is 0.942. The number of H-pyrrole nitrogens is 1. The lowest BCUT2D eigenvalue weighted by molar-refractivity contribution is 0.0593. The third kappa shape index (κ3) is 3.00. The van der Waals surface area contributed by atoms with Crippen LogP contribution >= 0.6 is 0 Å². The van der Waals surface area contributed by atoms with Crippen LogP contribution in [-0.4, -0.2) is 42.3 Å². The Hall–Kier alpha value is -2.18. The second-order valence-corrected chi connectivity index (χ2v) is 6.52. The van der Waals surface area contributed by atoms with Crippen LogP contribution in [0.3, 0.4) is 0 Å². The van der Waals surface area contributed by atoms with Gasteiger partial charge in [0.2, 0.25) is 0 Å². The van der Waals surface area contributed by atoms with Crippen LogP contribution in [0.1, 0.15) is 72.9 Å². The van der Waals surface area contributed by atoms with Gasteiger partial charge < -0.3 is 4.90 Å². The second kappa shape index (κ2) is 6.14. The minimum Gasteiger partial charge on any atom is -0.327 e. The molecule has 0 spiro atoms. The van der Waals surface area contributed by atoms with Crippen molar-refractivity contribution in [2.24, 2.45) is 7.05 Å². The fourth-order valence-corrected chi connectivity index (χ4v) is 3.23. The number of piperidine rings is 1. The minimum atomic E-state index is -0.0642. The Morgan fingerprint density at radius 2 is 2.17 bits per heavy atom. The fourth-order valence-electron chi connectivity index (χ4n) is 3.23. The zero-order valence-corrected chi connectivity index (χ0v) is 14.2. The molecule has 0 bridgehead atoms. The minimum absolute atomic E-state index is 0.0281. The predicted octanol–water partition coefficient (Wildman–Crippen LogP) is 2.34. The van der Waals surface area contributed by atoms with E-state index in [1.807, 2.05) is 24.9 Å². The molecule has 3 heterocycles. The summed E-state index contributed by atoms with van der Waals surface area (Å²) in [4.78, 5) is 19.3. The summed E-state index contributed by atoms with van der Waals surface area (Å²) >= 11 is 0. The van der Waals surface area contributed by atoms with Crippen LogP contribution in [0.15, 0.2) is 6.07 Å². The Labute approximate surface area is 136 Å². The number of carbonyl (C=O) groups excluding carboxylic acids is 1. The number of hydrogen-bond acceptors (Lipinski definition) is 4. The molecule has 1 fully saturated rings. The zero-order chi connectivity index (χ0) is 16.6. The molecule has 23 heavy (non-hydrogen) atoms. The van der Waals surface area contributed by atoms with Gasteiger partial charge in [-0.1, -0.05) is 13.8 Å². The molecule has 0 aromatic carbocycles. The third-order valence-corrected chi connectivity index (χ3v) is 4.40. The summed E-state index contributed by atoms with van der Waals surface area (Å²) in [5.41, 5.74) is 1.58. The van der Waals surface area contributed by atoms with Gasteiger partial charge in [0.15, 0.2) is 11.5 Å². The van der Waals surface area contributed by atoms with Crippen molar-refractivity contribution in [2.75, 3.05) is 6.54 Å². The van der Waals surface area contributed by atoms with Crippen molar-refractivity contribution >= 4 is 5.91 Å². The predicted molar refractivity (Wildman–Crippen MR) is 86.0 cm³/mol. The van der Waals surface area contributed by atoms with E-state index < -0.39 is 0 Å². The number of aromatic nitrogens is 5. The van der Waals surface area contributed by atoms with Gasteiger partial charge in [-0.05, 0) is 38.2 Å². The summed E-state index contributed by atoms with van der Waals surface area (Å²) in [6, 6.07) is 1.84. The molecule has 0 saturated carbocycles. The first-order valence-electron chi connectivity index (χ1n) is 8.21. The number of likely N-dealkylation sites (tertiary alicyclic amines) is 1. The van der Waals surface area contributed by atoms with Crippen molar-refractivity contribution in [3.05, 3.63) is 29.1 Å². The van der Waals surface area contributed by atoms with Gasteiger partial charge in [0.05, 0.1) is 6.04 Å². The van der Waals surface area contributed by atoms with Crippen LogP contribution in [0.4, 0.5) is 0 Å². The summed E-state index contributed by atoms with van der Waals surface area (Å²) in [5.74, 6) is 1.79. The average Bonchev–Trinajstić information content (AvgIpc) is 3.12. The second-order valence-electron chi connectivity index (χ2n) is 6.52. The molecule has 7 nitrogen and oxygen atoms in total. The molecule has 1 saturated heterocycles. The Morgan fingerprint density at radius 3 is 2.78 bits per heavy atom. The van der Waals surface area contributed by atoms with Gasteiger partial charge in [-0.25, -0.2) is 4.98 Å². The molecule has 1 N–H and O–H groups in total. The number of nitrogens with one attached hydrogen (secondary N) is 1. The molecule has 0 unspecified atom stereocenters. The molecular weight excluding hydrogens is 292 g/mol. The van der Waals surface area contributed by atoms with Gasteiger partial charge in [-0.3, -0.25) is 14.6 Å². The maximum atomic E-state index is 13.0. The number of aromatic amines is 1. The lowest BCUT2D eigenvalue weighted by Gasteiger charge is -2.33. The number of hydrogen-bond donors (Lipinski definition) is 1. The first-order valence-corrected chi connectivity index (χ1v) is 8.21. The molecule has 2 aromatic heterocycles. The summed E-state index contributed by atoms with van der Waals surface area (Å²) in [6.45, 7) is 6.81. The van der Waals surface area contributed by atoms with Gasteiger partial charge in [0, 0.05) is 19.3 Å². The molecule has 1 atom stereocenters. The van der Waals surface area contributed by atoms with Crippen molar-refractivity contribution in [1.29, 1.82) is 0 Å². The molecule has 1 aliphatic rings. The molecule has 0 radical (unpaired) electrons. The maximum Gasteiger partial charge on any atom is 0.274 e. The van der Waals surface area contributed by atoms with Crippen molar-refractivity contribution < 1.29 is 4.79 Å². The first-order chi connectivity index (χ1) is 11.0. The number of aryl methyl sites for hydroxylation is 2. The van der Waals surface area contributed by atoms with E-state index >= 15 is 0 Å². The molecule has 1 amide bonds. The van der Waals surface area contributed by atoms with E-state index in [0.29, 0.717) is 17.4 Å². The van der Waals surface area contributed by atoms with Crippen molar-refractivity contribution in [3.8, 4) is 0 Å². The highest BCUT2D eigenvalue weighted by Gasteiger charge is 2.32. The van der Waals surface area contributed by atoms with E-state index in [-0.39, 0.29) is 11.9 Å². The molecule has 2 aromatic rings. The molecule has 0 aliphatic carbocycles. The highest BCUT2D eigenvalue weighted by atomic mass is 16.2. The molecular formula is C16H24N6O. The van der Waals surface area contributed by atoms with E-state index in [4.69, 9.17) is 0 Å². The molecule has 124 valence electrons. The van der Waals surface area contributed by atoms with Crippen LogP contribution in [0, 0.1) is 6.92 Å². The fraction of sp³-hybridized carbons (Fsp3) is 0.625. The lowest BCUT2D eigenvalue weighted by atomic mass is 10.0. The highest BCUT2D eigenvalue weighted by Crippen LogP contribution is 2.30. The van der Waals surface area contributed by atoms with Gasteiger partial charge in [-0.15, -0.1) is 0 Å². The van der Waals surface area contributed by atoms with E-state index in [1.54, 1.807) is 4.68 Å². The van der Waals surface area contributed by atoms with E-state index in [0.717, 1.165) is 37.3 Å². The van der Waals surface area contributed by atoms with Crippen LogP contribution in [0.2, 0.25) is 0 Å². The number of carbonyl (C=O) groups is 1. The van der Waals surface area contributed by atoms with Gasteiger partial charge in [0.1, 0.15) is 5.82 Å². The largest absolute Gasteiger partial charge is 0.327 e. The van der Waals surface area contributed by atoms with E-state index in [9.17, 15) is 4.79 Å². The molecule has 1 aliphatic heterocycles. The monoisotopic (exact) mass is 316 g/mol. The van der Waals surface area contributed by atoms with Crippen molar-refractivity contribution in [3.63, 3.8) is 0 Å². The van der Waals surface area contributed by atoms with Crippen molar-refractivity contribution in [1.82, 2.24) is 29.9 Å². The standard InChI is InChI=1S/C16H24N6O/c1-10(2)14-9-12(20-21(14)4)16(23)22-8-6-5-7-13(22)15-17-11(3)18-19-15/h9-10,13H,5-8H2,1-4H3,(H,17,18,19)/t13-/m0/s1. The van der Waals surface area contributed by atoms with Crippen LogP contribution < -0.4 is 0 Å². The van der Waals surface area contributed by atoms with E-state index in [2.05, 4.69) is 34.1 Å². The van der Waals surface area contributed by atoms with E-state index in [1.165, 1.54) is 0 Å². The SMILES string of the molecule is Cc1nc([C@@H]2CCCCN2C(=O)c2cc(C(C)C)n(C)n2)n[nH]1. The smallest absolute Gasteiger partial charge is 0.274 e. The third-order valence-electron chi connectivity index (χ3n) is 4.40. The Bertz CT molecular complexity index is 701. The van der Waals surface area contributed by atoms with Crippen molar-refractivity contribution in [2.45, 2.75) is 52.0 Å². The zero-order valence-electron chi connectivity index (χ0n) is 14.2. The Kier molecular flexibility index (Phi) is 4.19. The summed E-state index contributed by atoms with van der Waals surface area (Å²) in [7, 11) is 1.89. The average molecular weight is 316 g/mol. The number of amides is 1. The van der Waals surface area contributed by atoms with Crippen LogP contribution in [0.25, 0.3) is 0 Å². The number of nitrogens with zero attached hydrogens (tertiary/aromatic N) is 5. The first kappa shape index (κ1) is 15.7. The van der Waals surface area contributed by atoms with Gasteiger partial charge in [-0.2, -0.15) is 10.2 Å². The lowest BCUT2D eigenvalue weighted by Crippen LogP contribution is -2.39. The summed E-state index contributed by atoms with van der Waals surface area (Å²) < 4.78 is 1.80. The summed E-state index contributed by atoms with van der Waals surface area (Å²) in [5, 5.41) is 11.6. The Morgan fingerprint density at radius 1 is 1.39 bits per heavy atom. The van der Waals surface area contributed by atoms with Gasteiger partial charge in [0.25, 0.3) is 5.91 Å².